The van der Waals surface area contributed by atoms with Gasteiger partial charge < -0.3 is 15.4 Å². The summed E-state index contributed by atoms with van der Waals surface area (Å²) in [4.78, 5) is 45.8. The van der Waals surface area contributed by atoms with Crippen molar-refractivity contribution in [2.45, 2.75) is 86.4 Å². The van der Waals surface area contributed by atoms with Gasteiger partial charge in [0.1, 0.15) is 11.6 Å². The number of amides is 2. The summed E-state index contributed by atoms with van der Waals surface area (Å²) in [7, 11) is 2.09. The Morgan fingerprint density at radius 3 is 2.03 bits per heavy atom. The number of Topliss-reactive ketones (excluding diaryl/α,β-unsaturated/α-hetero) is 2. The van der Waals surface area contributed by atoms with E-state index in [1.54, 1.807) is 6.92 Å². The highest BCUT2D eigenvalue weighted by atomic mass is 32.2. The molecule has 1 aliphatic heterocycles. The number of hydrogen-bond donors (Lipinski definition) is 2. The topological polar surface area (TPSA) is 110 Å². The van der Waals surface area contributed by atoms with Gasteiger partial charge in [-0.1, -0.05) is 48.5 Å². The van der Waals surface area contributed by atoms with Gasteiger partial charge >= 0.3 is 0 Å². The first kappa shape index (κ1) is 33.4. The first-order chi connectivity index (χ1) is 13.9. The molecule has 8 heteroatoms. The Morgan fingerprint density at radius 2 is 1.70 bits per heavy atom. The lowest BCUT2D eigenvalue weighted by molar-refractivity contribution is -0.125. The molecule has 0 aromatic rings. The zero-order valence-corrected chi connectivity index (χ0v) is 21.6. The van der Waals surface area contributed by atoms with Crippen LogP contribution < -0.4 is 11.1 Å². The second kappa shape index (κ2) is 18.5. The van der Waals surface area contributed by atoms with Crippen LogP contribution in [0.1, 0.15) is 75.2 Å². The van der Waals surface area contributed by atoms with E-state index in [0.29, 0.717) is 12.2 Å². The number of nitrogens with one attached hydrogen (secondary N) is 1. The highest BCUT2D eigenvalue weighted by Crippen LogP contribution is 2.21. The maximum atomic E-state index is 11.1. The largest absolute Gasteiger partial charge is 0.321 e. The Bertz CT molecular complexity index is 525. The van der Waals surface area contributed by atoms with Crippen LogP contribution in [-0.2, 0) is 19.2 Å². The van der Waals surface area contributed by atoms with Crippen LogP contribution in [0.4, 0.5) is 0 Å². The Balaban J connectivity index is -0.000000421. The highest BCUT2D eigenvalue weighted by molar-refractivity contribution is 8.00. The van der Waals surface area contributed by atoms with Crippen molar-refractivity contribution in [1.82, 2.24) is 10.2 Å². The number of carbonyl (C=O) groups is 4. The van der Waals surface area contributed by atoms with E-state index in [9.17, 15) is 19.2 Å². The van der Waals surface area contributed by atoms with Crippen LogP contribution in [0.15, 0.2) is 0 Å². The van der Waals surface area contributed by atoms with Crippen molar-refractivity contribution in [1.29, 1.82) is 0 Å². The van der Waals surface area contributed by atoms with Crippen molar-refractivity contribution in [3.8, 4) is 0 Å². The molecule has 178 valence electrons. The van der Waals surface area contributed by atoms with Gasteiger partial charge in [0.25, 0.3) is 0 Å². The molecule has 2 amide bonds. The number of hydrogen-bond acceptors (Lipinski definition) is 7. The third-order valence-corrected chi connectivity index (χ3v) is 5.22. The van der Waals surface area contributed by atoms with Gasteiger partial charge in [-0.3, -0.25) is 19.7 Å². The Morgan fingerprint density at radius 1 is 1.20 bits per heavy atom. The van der Waals surface area contributed by atoms with Crippen molar-refractivity contribution in [2.24, 2.45) is 11.1 Å². The van der Waals surface area contributed by atoms with Crippen molar-refractivity contribution in [3.05, 3.63) is 0 Å². The van der Waals surface area contributed by atoms with E-state index < -0.39 is 6.04 Å². The molecule has 0 aromatic heterocycles. The van der Waals surface area contributed by atoms with Crippen LogP contribution in [0.3, 0.4) is 0 Å². The van der Waals surface area contributed by atoms with E-state index in [-0.39, 0.29) is 40.5 Å². The lowest BCUT2D eigenvalue weighted by atomic mass is 9.87. The van der Waals surface area contributed by atoms with E-state index >= 15 is 0 Å². The first-order valence-corrected chi connectivity index (χ1v) is 11.8. The number of ketones is 2. The molecule has 1 saturated heterocycles. The Kier molecular flexibility index (Phi) is 20.6. The van der Waals surface area contributed by atoms with Crippen LogP contribution >= 0.6 is 11.8 Å². The van der Waals surface area contributed by atoms with E-state index in [4.69, 9.17) is 5.73 Å². The molecule has 0 radical (unpaired) electrons. The number of imide groups is 1. The molecule has 3 N–H and O–H groups in total. The summed E-state index contributed by atoms with van der Waals surface area (Å²) in [5.74, 6) is 0.00660. The summed E-state index contributed by atoms with van der Waals surface area (Å²) in [5, 5.41) is 1.81. The molecule has 1 aliphatic rings. The summed E-state index contributed by atoms with van der Waals surface area (Å²) < 4.78 is 0. The fraction of sp³-hybridized carbons (Fsp3) is 0.818. The van der Waals surface area contributed by atoms with Crippen LogP contribution in [0.2, 0.25) is 0 Å². The number of nitrogens with zero attached hydrogens (tertiary/aromatic N) is 1. The SMILES string of the molecule is CC.CC.CC(=O)C(N)CSC1CC(=O)NC1=O.CCN(C)CC(C)(C)CC(C)=O. The summed E-state index contributed by atoms with van der Waals surface area (Å²) in [6.07, 6.45) is 0.867. The summed E-state index contributed by atoms with van der Waals surface area (Å²) in [6.45, 7) is 19.5. The molecule has 30 heavy (non-hydrogen) atoms. The quantitative estimate of drug-likeness (QED) is 0.523. The molecular weight excluding hydrogens is 402 g/mol. The van der Waals surface area contributed by atoms with Crippen LogP contribution in [0, 0.1) is 5.41 Å². The monoisotopic (exact) mass is 447 g/mol. The molecule has 2 unspecified atom stereocenters. The zero-order valence-electron chi connectivity index (χ0n) is 20.8. The molecule has 1 heterocycles. The maximum Gasteiger partial charge on any atom is 0.240 e. The molecule has 0 spiro atoms. The van der Waals surface area contributed by atoms with Gasteiger partial charge in [0.05, 0.1) is 11.3 Å². The minimum absolute atomic E-state index is 0.109. The van der Waals surface area contributed by atoms with Crippen LogP contribution in [0.5, 0.6) is 0 Å². The Hall–Kier alpha value is -1.25. The number of thioether (sulfide) groups is 1. The second-order valence-electron chi connectivity index (χ2n) is 7.53. The molecule has 1 rings (SSSR count). The van der Waals surface area contributed by atoms with Crippen molar-refractivity contribution in [2.75, 3.05) is 25.9 Å². The summed E-state index contributed by atoms with van der Waals surface area (Å²) in [5.41, 5.74) is 5.61. The number of nitrogens with two attached hydrogens (primary N) is 1. The van der Waals surface area contributed by atoms with E-state index in [0.717, 1.165) is 13.1 Å². The fourth-order valence-corrected chi connectivity index (χ4v) is 3.73. The number of rotatable bonds is 9. The van der Waals surface area contributed by atoms with Crippen molar-refractivity contribution >= 4 is 35.1 Å². The molecule has 2 atom stereocenters. The molecule has 0 bridgehead atoms. The average Bonchev–Trinajstić information content (AvgIpc) is 2.99. The fourth-order valence-electron chi connectivity index (χ4n) is 2.57. The summed E-state index contributed by atoms with van der Waals surface area (Å²) >= 11 is 1.25. The average molecular weight is 448 g/mol. The Labute approximate surface area is 188 Å². The first-order valence-electron chi connectivity index (χ1n) is 10.8. The number of carbonyl (C=O) groups excluding carboxylic acids is 4. The van der Waals surface area contributed by atoms with Crippen LogP contribution in [-0.4, -0.2) is 65.5 Å². The minimum atomic E-state index is -0.552. The predicted octanol–water partition coefficient (Wildman–Crippen LogP) is 3.05. The van der Waals surface area contributed by atoms with Gasteiger partial charge in [-0.05, 0) is 32.9 Å². The van der Waals surface area contributed by atoms with Gasteiger partial charge in [-0.25, -0.2) is 0 Å². The lowest BCUT2D eigenvalue weighted by Crippen LogP contribution is -2.32. The molecular formula is C22H45N3O4S. The standard InChI is InChI=1S/C10H21NO.C8H12N2O3S.2C2H6/c1-6-11(5)8-10(3,4)7-9(2)12;1-4(11)5(9)3-14-6-2-7(12)10-8(6)13;2*1-2/h6-8H2,1-5H3;5-6H,2-3,9H2,1H3,(H,10,12,13);2*1-2H3. The van der Waals surface area contributed by atoms with Gasteiger partial charge in [0, 0.05) is 25.1 Å². The van der Waals surface area contributed by atoms with Gasteiger partial charge in [-0.2, -0.15) is 0 Å². The van der Waals surface area contributed by atoms with E-state index in [1.807, 2.05) is 27.7 Å². The van der Waals surface area contributed by atoms with Gasteiger partial charge in [-0.15, -0.1) is 11.8 Å². The van der Waals surface area contributed by atoms with Gasteiger partial charge in [0.2, 0.25) is 11.8 Å². The third-order valence-electron chi connectivity index (χ3n) is 3.89. The molecule has 0 saturated carbocycles. The summed E-state index contributed by atoms with van der Waals surface area (Å²) in [6, 6.07) is -0.552. The molecule has 0 aliphatic carbocycles. The van der Waals surface area contributed by atoms with Crippen molar-refractivity contribution in [3.63, 3.8) is 0 Å². The maximum absolute atomic E-state index is 11.1. The zero-order chi connectivity index (χ0) is 24.5. The normalized spacial score (nSPS) is 16.2. The minimum Gasteiger partial charge on any atom is -0.321 e. The highest BCUT2D eigenvalue weighted by Gasteiger charge is 2.31. The smallest absolute Gasteiger partial charge is 0.240 e. The second-order valence-corrected chi connectivity index (χ2v) is 8.76. The van der Waals surface area contributed by atoms with Crippen LogP contribution in [0.25, 0.3) is 0 Å². The van der Waals surface area contributed by atoms with Gasteiger partial charge in [0.15, 0.2) is 0 Å². The lowest BCUT2D eigenvalue weighted by Gasteiger charge is -2.28. The van der Waals surface area contributed by atoms with Crippen molar-refractivity contribution < 1.29 is 19.2 Å². The predicted molar refractivity (Wildman–Crippen MR) is 128 cm³/mol. The molecule has 7 nitrogen and oxygen atoms in total. The van der Waals surface area contributed by atoms with E-state index in [2.05, 4.69) is 38.0 Å². The molecule has 1 fully saturated rings. The third kappa shape index (κ3) is 17.6. The molecule has 0 aromatic carbocycles. The van der Waals surface area contributed by atoms with E-state index in [1.165, 1.54) is 18.7 Å².